The van der Waals surface area contributed by atoms with Crippen LogP contribution in [-0.4, -0.2) is 51.0 Å². The van der Waals surface area contributed by atoms with Crippen LogP contribution >= 0.6 is 0 Å². The molecule has 1 fully saturated rings. The van der Waals surface area contributed by atoms with E-state index in [-0.39, 0.29) is 11.5 Å². The third-order valence-corrected chi connectivity index (χ3v) is 5.66. The minimum atomic E-state index is -0.313. The van der Waals surface area contributed by atoms with Gasteiger partial charge in [0.2, 0.25) is 11.8 Å². The van der Waals surface area contributed by atoms with Gasteiger partial charge in [-0.1, -0.05) is 0 Å². The van der Waals surface area contributed by atoms with Crippen molar-refractivity contribution < 1.29 is 18.9 Å². The second kappa shape index (κ2) is 7.35. The molecular weight excluding hydrogens is 360 g/mol. The minimum absolute atomic E-state index is 0.214. The van der Waals surface area contributed by atoms with Crippen molar-refractivity contribution in [1.29, 1.82) is 0 Å². The molecule has 0 saturated carbocycles. The van der Waals surface area contributed by atoms with Gasteiger partial charge in [0.25, 0.3) is 0 Å². The Kier molecular flexibility index (Phi) is 4.89. The van der Waals surface area contributed by atoms with E-state index in [0.29, 0.717) is 12.5 Å². The number of nitrogens with zero attached hydrogens (tertiary/aromatic N) is 3. The molecule has 3 heterocycles. The highest BCUT2D eigenvalue weighted by Gasteiger charge is 2.42. The Labute approximate surface area is 164 Å². The van der Waals surface area contributed by atoms with Crippen LogP contribution in [0.2, 0.25) is 0 Å². The van der Waals surface area contributed by atoms with Crippen molar-refractivity contribution in [2.75, 3.05) is 51.7 Å². The Morgan fingerprint density at radius 2 is 1.71 bits per heavy atom. The molecule has 28 heavy (non-hydrogen) atoms. The summed E-state index contributed by atoms with van der Waals surface area (Å²) in [7, 11) is 4.90. The summed E-state index contributed by atoms with van der Waals surface area (Å²) in [5.41, 5.74) is 7.98. The second-order valence-corrected chi connectivity index (χ2v) is 7.07. The van der Waals surface area contributed by atoms with E-state index in [1.807, 2.05) is 6.07 Å². The van der Waals surface area contributed by atoms with E-state index >= 15 is 0 Å². The molecule has 2 aliphatic heterocycles. The molecule has 2 N–H and O–H groups in total. The first-order valence-electron chi connectivity index (χ1n) is 9.41. The molecule has 0 unspecified atom stereocenters. The summed E-state index contributed by atoms with van der Waals surface area (Å²) in [6.07, 6.45) is 2.57. The van der Waals surface area contributed by atoms with Crippen LogP contribution in [0.5, 0.6) is 17.4 Å². The number of aromatic nitrogens is 2. The Bertz CT molecular complexity index is 866. The van der Waals surface area contributed by atoms with Crippen molar-refractivity contribution in [2.24, 2.45) is 0 Å². The molecule has 150 valence electrons. The molecule has 4 rings (SSSR count). The van der Waals surface area contributed by atoms with Gasteiger partial charge in [-0.05, 0) is 42.5 Å². The topological polar surface area (TPSA) is 92.0 Å². The summed E-state index contributed by atoms with van der Waals surface area (Å²) in [6, 6.07) is 5.98. The van der Waals surface area contributed by atoms with Gasteiger partial charge in [0, 0.05) is 19.2 Å². The number of nitrogens with two attached hydrogens (primary N) is 1. The number of fused-ring (bicyclic) bond motifs is 2. The molecular formula is C20H26N4O4. The Balaban J connectivity index is 1.61. The van der Waals surface area contributed by atoms with Crippen molar-refractivity contribution in [3.63, 3.8) is 0 Å². The van der Waals surface area contributed by atoms with Gasteiger partial charge in [0.1, 0.15) is 5.82 Å². The molecule has 1 spiro atoms. The lowest BCUT2D eigenvalue weighted by molar-refractivity contribution is -0.0768. The second-order valence-electron chi connectivity index (χ2n) is 7.07. The molecule has 2 aromatic rings. The van der Waals surface area contributed by atoms with Crippen LogP contribution in [0.25, 0.3) is 0 Å². The van der Waals surface area contributed by atoms with Gasteiger partial charge in [0.05, 0.1) is 33.5 Å². The van der Waals surface area contributed by atoms with Gasteiger partial charge >= 0.3 is 0 Å². The van der Waals surface area contributed by atoms with E-state index in [9.17, 15) is 0 Å². The van der Waals surface area contributed by atoms with E-state index in [1.54, 1.807) is 21.3 Å². The van der Waals surface area contributed by atoms with Gasteiger partial charge in [-0.15, -0.1) is 0 Å². The molecule has 2 aliphatic rings. The lowest BCUT2D eigenvalue weighted by Gasteiger charge is -2.45. The number of hydrogen-bond donors (Lipinski definition) is 1. The van der Waals surface area contributed by atoms with Crippen molar-refractivity contribution >= 4 is 11.8 Å². The van der Waals surface area contributed by atoms with Crippen molar-refractivity contribution in [1.82, 2.24) is 9.97 Å². The number of anilines is 2. The van der Waals surface area contributed by atoms with Gasteiger partial charge in [-0.3, -0.25) is 0 Å². The van der Waals surface area contributed by atoms with Crippen LogP contribution in [0.3, 0.4) is 0 Å². The molecule has 1 saturated heterocycles. The Hall–Kier alpha value is -2.74. The molecule has 8 heteroatoms. The maximum absolute atomic E-state index is 6.35. The first kappa shape index (κ1) is 18.6. The molecule has 1 aromatic heterocycles. The summed E-state index contributed by atoms with van der Waals surface area (Å²) in [5.74, 6) is 2.97. The number of hydrogen-bond acceptors (Lipinski definition) is 8. The summed E-state index contributed by atoms with van der Waals surface area (Å²) in [5, 5.41) is 0. The normalized spacial score (nSPS) is 17.9. The van der Waals surface area contributed by atoms with Crippen LogP contribution in [0.1, 0.15) is 24.0 Å². The predicted octanol–water partition coefficient (Wildman–Crippen LogP) is 2.15. The molecule has 0 atom stereocenters. The fourth-order valence-electron chi connectivity index (χ4n) is 4.19. The van der Waals surface area contributed by atoms with E-state index in [4.69, 9.17) is 24.7 Å². The zero-order chi connectivity index (χ0) is 19.7. The SMILES string of the molecule is COc1cc(N2CCC3(CC2)OCCc2cc(OC)c(OC)cc23)nc(N)n1. The molecule has 8 nitrogen and oxygen atoms in total. The van der Waals surface area contributed by atoms with Gasteiger partial charge < -0.3 is 29.6 Å². The molecule has 0 radical (unpaired) electrons. The minimum Gasteiger partial charge on any atom is -0.493 e. The first-order valence-corrected chi connectivity index (χ1v) is 9.41. The lowest BCUT2D eigenvalue weighted by atomic mass is 9.79. The number of methoxy groups -OCH3 is 3. The summed E-state index contributed by atoms with van der Waals surface area (Å²) >= 11 is 0. The highest BCUT2D eigenvalue weighted by Crippen LogP contribution is 2.45. The van der Waals surface area contributed by atoms with E-state index in [1.165, 1.54) is 11.1 Å². The fraction of sp³-hybridized carbons (Fsp3) is 0.500. The largest absolute Gasteiger partial charge is 0.493 e. The van der Waals surface area contributed by atoms with Gasteiger partial charge in [-0.25, -0.2) is 0 Å². The molecule has 0 amide bonds. The van der Waals surface area contributed by atoms with Crippen LogP contribution in [0.4, 0.5) is 11.8 Å². The lowest BCUT2D eigenvalue weighted by Crippen LogP contribution is -2.47. The van der Waals surface area contributed by atoms with Crippen molar-refractivity contribution in [2.45, 2.75) is 24.9 Å². The molecule has 0 aliphatic carbocycles. The van der Waals surface area contributed by atoms with Gasteiger partial charge in [0.15, 0.2) is 11.5 Å². The van der Waals surface area contributed by atoms with Crippen LogP contribution in [0.15, 0.2) is 18.2 Å². The third kappa shape index (κ3) is 3.17. The average molecular weight is 386 g/mol. The maximum atomic E-state index is 6.35. The monoisotopic (exact) mass is 386 g/mol. The van der Waals surface area contributed by atoms with Crippen molar-refractivity contribution in [3.05, 3.63) is 29.3 Å². The van der Waals surface area contributed by atoms with E-state index in [2.05, 4.69) is 27.0 Å². The van der Waals surface area contributed by atoms with Crippen LogP contribution in [-0.2, 0) is 16.8 Å². The Morgan fingerprint density at radius 1 is 1.00 bits per heavy atom. The van der Waals surface area contributed by atoms with E-state index in [0.717, 1.165) is 49.7 Å². The number of nitrogen functional groups attached to an aromatic ring is 1. The fourth-order valence-corrected chi connectivity index (χ4v) is 4.19. The number of benzene rings is 1. The van der Waals surface area contributed by atoms with E-state index < -0.39 is 0 Å². The van der Waals surface area contributed by atoms with Crippen LogP contribution < -0.4 is 24.8 Å². The van der Waals surface area contributed by atoms with Gasteiger partial charge in [-0.2, -0.15) is 9.97 Å². The highest BCUT2D eigenvalue weighted by molar-refractivity contribution is 5.51. The molecule has 0 bridgehead atoms. The first-order chi connectivity index (χ1) is 13.6. The number of ether oxygens (including phenoxy) is 4. The standard InChI is InChI=1S/C20H26N4O4/c1-25-15-10-13-4-9-28-20(14(13)11-16(15)26-2)5-7-24(8-6-20)17-12-18(27-3)23-19(21)22-17/h10-12H,4-9H2,1-3H3,(H2,21,22,23). The smallest absolute Gasteiger partial charge is 0.225 e. The Morgan fingerprint density at radius 3 is 2.39 bits per heavy atom. The predicted molar refractivity (Wildman–Crippen MR) is 105 cm³/mol. The maximum Gasteiger partial charge on any atom is 0.225 e. The summed E-state index contributed by atoms with van der Waals surface area (Å²) in [6.45, 7) is 2.30. The number of rotatable bonds is 4. The molecule has 1 aromatic carbocycles. The number of piperidine rings is 1. The quantitative estimate of drug-likeness (QED) is 0.855. The van der Waals surface area contributed by atoms with Crippen LogP contribution in [0, 0.1) is 0 Å². The summed E-state index contributed by atoms with van der Waals surface area (Å²) in [4.78, 5) is 10.6. The zero-order valence-corrected chi connectivity index (χ0v) is 16.5. The zero-order valence-electron chi connectivity index (χ0n) is 16.5. The third-order valence-electron chi connectivity index (χ3n) is 5.66. The van der Waals surface area contributed by atoms with Crippen molar-refractivity contribution in [3.8, 4) is 17.4 Å². The average Bonchev–Trinajstić information content (AvgIpc) is 2.73. The summed E-state index contributed by atoms with van der Waals surface area (Å²) < 4.78 is 22.6. The highest BCUT2D eigenvalue weighted by atomic mass is 16.5.